The molecule has 0 aliphatic heterocycles. The molecule has 0 spiro atoms. The second-order valence-corrected chi connectivity index (χ2v) is 4.32. The van der Waals surface area contributed by atoms with Gasteiger partial charge in [-0.05, 0) is 43.4 Å². The van der Waals surface area contributed by atoms with Gasteiger partial charge in [0.05, 0.1) is 12.5 Å². The van der Waals surface area contributed by atoms with Crippen LogP contribution in [0.15, 0.2) is 35.6 Å². The van der Waals surface area contributed by atoms with Gasteiger partial charge in [0.15, 0.2) is 0 Å². The highest BCUT2D eigenvalue weighted by atomic mass is 16.5. The van der Waals surface area contributed by atoms with Crippen LogP contribution in [-0.4, -0.2) is 17.7 Å². The summed E-state index contributed by atoms with van der Waals surface area (Å²) < 4.78 is 5.09. The van der Waals surface area contributed by atoms with Crippen molar-refractivity contribution >= 4 is 5.97 Å². The van der Waals surface area contributed by atoms with Gasteiger partial charge in [0.1, 0.15) is 5.76 Å². The van der Waals surface area contributed by atoms with Crippen LogP contribution in [0.1, 0.15) is 27.2 Å². The normalized spacial score (nSPS) is 28.6. The Bertz CT molecular complexity index is 377. The van der Waals surface area contributed by atoms with Gasteiger partial charge >= 0.3 is 5.97 Å². The lowest BCUT2D eigenvalue weighted by Crippen LogP contribution is -2.21. The predicted octanol–water partition coefficient (Wildman–Crippen LogP) is 3.15. The Kier molecular flexibility index (Phi) is 4.55. The minimum atomic E-state index is -0.217. The number of esters is 1. The number of ether oxygens (including phenoxy) is 1. The zero-order chi connectivity index (χ0) is 13.0. The molecule has 0 amide bonds. The molecule has 1 N–H and O–H groups in total. The maximum absolute atomic E-state index is 11.9. The number of rotatable bonds is 3. The van der Waals surface area contributed by atoms with Gasteiger partial charge in [-0.15, -0.1) is 0 Å². The molecular weight excluding hydrogens is 216 g/mol. The van der Waals surface area contributed by atoms with Gasteiger partial charge in [0, 0.05) is 0 Å². The standard InChI is InChI=1S/C14H20O3/c1-5-12-11(8-10(4)15)7-9(3)13(12)14(16)17-6-2/h5,8-9,13,15H,4,6-7H2,1-3H3/b11-8-,12-5+. The number of carbonyl (C=O) groups excluding carboxylic acids is 1. The summed E-state index contributed by atoms with van der Waals surface area (Å²) in [6, 6.07) is 0. The van der Waals surface area contributed by atoms with Gasteiger partial charge in [-0.25, -0.2) is 0 Å². The molecule has 1 aliphatic rings. The molecule has 3 heteroatoms. The highest BCUT2D eigenvalue weighted by molar-refractivity contribution is 5.79. The zero-order valence-electron chi connectivity index (χ0n) is 10.7. The third-order valence-corrected chi connectivity index (χ3v) is 3.01. The topological polar surface area (TPSA) is 46.5 Å². The Hall–Kier alpha value is -1.51. The number of carbonyl (C=O) groups is 1. The van der Waals surface area contributed by atoms with E-state index in [1.54, 1.807) is 13.0 Å². The van der Waals surface area contributed by atoms with E-state index in [9.17, 15) is 9.90 Å². The van der Waals surface area contributed by atoms with E-state index in [-0.39, 0.29) is 23.6 Å². The molecule has 2 unspecified atom stereocenters. The van der Waals surface area contributed by atoms with E-state index in [1.165, 1.54) is 0 Å². The average molecular weight is 236 g/mol. The zero-order valence-corrected chi connectivity index (χ0v) is 10.7. The Morgan fingerprint density at radius 2 is 2.29 bits per heavy atom. The van der Waals surface area contributed by atoms with Crippen molar-refractivity contribution in [2.24, 2.45) is 11.8 Å². The van der Waals surface area contributed by atoms with Crippen LogP contribution < -0.4 is 0 Å². The summed E-state index contributed by atoms with van der Waals surface area (Å²) in [6.45, 7) is 9.57. The van der Waals surface area contributed by atoms with E-state index in [0.29, 0.717) is 6.61 Å². The van der Waals surface area contributed by atoms with Gasteiger partial charge < -0.3 is 9.84 Å². The molecule has 0 aromatic carbocycles. The molecular formula is C14H20O3. The molecule has 1 rings (SSSR count). The summed E-state index contributed by atoms with van der Waals surface area (Å²) in [4.78, 5) is 11.9. The van der Waals surface area contributed by atoms with Crippen molar-refractivity contribution in [2.45, 2.75) is 27.2 Å². The monoisotopic (exact) mass is 236 g/mol. The smallest absolute Gasteiger partial charge is 0.313 e. The van der Waals surface area contributed by atoms with E-state index in [0.717, 1.165) is 17.6 Å². The van der Waals surface area contributed by atoms with Gasteiger partial charge in [-0.3, -0.25) is 4.79 Å². The number of hydrogen-bond acceptors (Lipinski definition) is 3. The molecule has 0 aromatic rings. The molecule has 17 heavy (non-hydrogen) atoms. The lowest BCUT2D eigenvalue weighted by molar-refractivity contribution is -0.147. The fraction of sp³-hybridized carbons (Fsp3) is 0.500. The van der Waals surface area contributed by atoms with Crippen molar-refractivity contribution in [1.82, 2.24) is 0 Å². The van der Waals surface area contributed by atoms with Crippen LogP contribution in [0.25, 0.3) is 0 Å². The second kappa shape index (κ2) is 5.71. The first-order valence-electron chi connectivity index (χ1n) is 5.92. The first kappa shape index (κ1) is 13.6. The van der Waals surface area contributed by atoms with Gasteiger partial charge in [-0.2, -0.15) is 0 Å². The highest BCUT2D eigenvalue weighted by Crippen LogP contribution is 2.41. The Balaban J connectivity index is 3.01. The van der Waals surface area contributed by atoms with E-state index in [1.807, 2.05) is 19.9 Å². The molecule has 0 bridgehead atoms. The number of aliphatic hydroxyl groups is 1. The molecule has 3 nitrogen and oxygen atoms in total. The van der Waals surface area contributed by atoms with E-state index in [2.05, 4.69) is 6.58 Å². The molecule has 1 saturated carbocycles. The minimum absolute atomic E-state index is 0.0241. The van der Waals surface area contributed by atoms with Crippen molar-refractivity contribution < 1.29 is 14.6 Å². The Morgan fingerprint density at radius 3 is 2.76 bits per heavy atom. The molecule has 0 heterocycles. The summed E-state index contributed by atoms with van der Waals surface area (Å²) in [7, 11) is 0. The van der Waals surface area contributed by atoms with E-state index >= 15 is 0 Å². The Labute approximate surface area is 102 Å². The van der Waals surface area contributed by atoms with Crippen LogP contribution in [-0.2, 0) is 9.53 Å². The van der Waals surface area contributed by atoms with Crippen LogP contribution in [0.5, 0.6) is 0 Å². The van der Waals surface area contributed by atoms with Crippen molar-refractivity contribution in [2.75, 3.05) is 6.61 Å². The maximum atomic E-state index is 11.9. The highest BCUT2D eigenvalue weighted by Gasteiger charge is 2.37. The average Bonchev–Trinajstić information content (AvgIpc) is 2.53. The lowest BCUT2D eigenvalue weighted by Gasteiger charge is -2.14. The van der Waals surface area contributed by atoms with Gasteiger partial charge in [0.2, 0.25) is 0 Å². The molecule has 2 atom stereocenters. The van der Waals surface area contributed by atoms with Crippen LogP contribution in [0.3, 0.4) is 0 Å². The van der Waals surface area contributed by atoms with Crippen LogP contribution in [0, 0.1) is 11.8 Å². The maximum Gasteiger partial charge on any atom is 0.313 e. The van der Waals surface area contributed by atoms with Crippen molar-refractivity contribution in [1.29, 1.82) is 0 Å². The summed E-state index contributed by atoms with van der Waals surface area (Å²) in [5.41, 5.74) is 1.93. The fourth-order valence-electron chi connectivity index (χ4n) is 2.39. The van der Waals surface area contributed by atoms with Gasteiger partial charge in [0.25, 0.3) is 0 Å². The first-order chi connectivity index (χ1) is 8.01. The number of hydrogen-bond donors (Lipinski definition) is 1. The van der Waals surface area contributed by atoms with Crippen molar-refractivity contribution in [3.8, 4) is 0 Å². The SMILES string of the molecule is C=C(O)/C=C1/CC(C)C(C(=O)OCC)/C1=C/C. The fourth-order valence-corrected chi connectivity index (χ4v) is 2.39. The molecule has 0 radical (unpaired) electrons. The minimum Gasteiger partial charge on any atom is -0.509 e. The quantitative estimate of drug-likeness (QED) is 0.605. The molecule has 94 valence electrons. The summed E-state index contributed by atoms with van der Waals surface area (Å²) in [6.07, 6.45) is 4.31. The molecule has 1 fully saturated rings. The summed E-state index contributed by atoms with van der Waals surface area (Å²) >= 11 is 0. The third kappa shape index (κ3) is 2.99. The largest absolute Gasteiger partial charge is 0.509 e. The first-order valence-corrected chi connectivity index (χ1v) is 5.92. The van der Waals surface area contributed by atoms with Crippen molar-refractivity contribution in [3.05, 3.63) is 35.6 Å². The molecule has 1 aliphatic carbocycles. The van der Waals surface area contributed by atoms with Crippen LogP contribution in [0.4, 0.5) is 0 Å². The number of allylic oxidation sites excluding steroid dienone is 3. The number of aliphatic hydroxyl groups excluding tert-OH is 1. The van der Waals surface area contributed by atoms with Crippen LogP contribution >= 0.6 is 0 Å². The predicted molar refractivity (Wildman–Crippen MR) is 67.5 cm³/mol. The van der Waals surface area contributed by atoms with Crippen molar-refractivity contribution in [3.63, 3.8) is 0 Å². The lowest BCUT2D eigenvalue weighted by atomic mass is 9.94. The van der Waals surface area contributed by atoms with Gasteiger partial charge in [-0.1, -0.05) is 19.6 Å². The summed E-state index contributed by atoms with van der Waals surface area (Å²) in [5, 5.41) is 9.23. The van der Waals surface area contributed by atoms with E-state index in [4.69, 9.17) is 4.74 Å². The second-order valence-electron chi connectivity index (χ2n) is 4.32. The molecule has 0 saturated heterocycles. The molecule has 0 aromatic heterocycles. The van der Waals surface area contributed by atoms with E-state index < -0.39 is 0 Å². The Morgan fingerprint density at radius 1 is 1.65 bits per heavy atom. The third-order valence-electron chi connectivity index (χ3n) is 3.01. The van der Waals surface area contributed by atoms with Crippen LogP contribution in [0.2, 0.25) is 0 Å². The summed E-state index contributed by atoms with van der Waals surface area (Å²) in [5.74, 6) is -0.174.